The van der Waals surface area contributed by atoms with Gasteiger partial charge in [0.25, 0.3) is 10.0 Å². The van der Waals surface area contributed by atoms with Crippen molar-refractivity contribution in [2.45, 2.75) is 42.7 Å². The highest BCUT2D eigenvalue weighted by atomic mass is 32.2. The molecule has 0 saturated heterocycles. The monoisotopic (exact) mass is 625 g/mol. The first-order valence-electron chi connectivity index (χ1n) is 13.7. The first-order valence-corrected chi connectivity index (χ1v) is 15.2. The zero-order valence-corrected chi connectivity index (χ0v) is 25.5. The van der Waals surface area contributed by atoms with Crippen LogP contribution in [0.3, 0.4) is 0 Å². The van der Waals surface area contributed by atoms with E-state index in [2.05, 4.69) is 15.1 Å². The summed E-state index contributed by atoms with van der Waals surface area (Å²) < 4.78 is 68.9. The number of carbonyl (C=O) groups is 1. The van der Waals surface area contributed by atoms with Gasteiger partial charge < -0.3 is 18.9 Å². The fourth-order valence-electron chi connectivity index (χ4n) is 5.39. The summed E-state index contributed by atoms with van der Waals surface area (Å²) in [5, 5.41) is 4.24. The van der Waals surface area contributed by atoms with Gasteiger partial charge >= 0.3 is 5.97 Å². The van der Waals surface area contributed by atoms with E-state index in [-0.39, 0.29) is 29.6 Å². The second kappa shape index (κ2) is 12.9. The molecule has 2 atom stereocenters. The molecule has 1 aliphatic carbocycles. The van der Waals surface area contributed by atoms with Crippen LogP contribution >= 0.6 is 0 Å². The third-order valence-corrected chi connectivity index (χ3v) is 9.37. The smallest absolute Gasteiger partial charge is 0.341 e. The Bertz CT molecular complexity index is 1750. The number of aromatic nitrogens is 4. The number of rotatable bonds is 11. The number of methoxy groups -OCH3 is 3. The van der Waals surface area contributed by atoms with E-state index in [1.54, 1.807) is 29.1 Å². The van der Waals surface area contributed by atoms with Crippen molar-refractivity contribution in [2.24, 2.45) is 7.05 Å². The predicted octanol–water partition coefficient (Wildman–Crippen LogP) is 4.26. The Balaban J connectivity index is 1.56. The number of carbonyl (C=O) groups excluding carboxylic acids is 1. The van der Waals surface area contributed by atoms with E-state index < -0.39 is 32.8 Å². The van der Waals surface area contributed by atoms with Crippen LogP contribution < -0.4 is 18.5 Å². The Kier molecular flexibility index (Phi) is 8.99. The molecule has 0 N–H and O–H groups in total. The summed E-state index contributed by atoms with van der Waals surface area (Å²) in [5.74, 6) is -1.33. The number of esters is 1. The molecule has 14 heteroatoms. The molecular weight excluding hydrogens is 593 g/mol. The topological polar surface area (TPSA) is 135 Å². The zero-order chi connectivity index (χ0) is 31.4. The zero-order valence-electron chi connectivity index (χ0n) is 24.6. The number of benzene rings is 2. The first-order chi connectivity index (χ1) is 21.2. The van der Waals surface area contributed by atoms with Crippen LogP contribution in [0.4, 0.5) is 10.2 Å². The predicted molar refractivity (Wildman–Crippen MR) is 157 cm³/mol. The fourth-order valence-corrected chi connectivity index (χ4v) is 6.87. The van der Waals surface area contributed by atoms with Crippen LogP contribution in [0, 0.1) is 5.82 Å². The summed E-state index contributed by atoms with van der Waals surface area (Å²) in [5.41, 5.74) is 1.17. The molecule has 5 rings (SSSR count). The molecular formula is C30H32FN5O7S. The Morgan fingerprint density at radius 3 is 2.52 bits per heavy atom. The van der Waals surface area contributed by atoms with Crippen LogP contribution in [0.15, 0.2) is 66.1 Å². The van der Waals surface area contributed by atoms with Gasteiger partial charge in [-0.2, -0.15) is 5.10 Å². The maximum atomic E-state index is 15.9. The molecule has 2 aromatic carbocycles. The molecule has 232 valence electrons. The quantitative estimate of drug-likeness (QED) is 0.223. The minimum atomic E-state index is -4.68. The van der Waals surface area contributed by atoms with E-state index in [4.69, 9.17) is 18.9 Å². The number of ether oxygens (including phenoxy) is 4. The molecule has 0 radical (unpaired) electrons. The van der Waals surface area contributed by atoms with Gasteiger partial charge in [-0.25, -0.2) is 31.9 Å². The Morgan fingerprint density at radius 2 is 1.86 bits per heavy atom. The molecule has 2 unspecified atom stereocenters. The largest absolute Gasteiger partial charge is 0.497 e. The summed E-state index contributed by atoms with van der Waals surface area (Å²) in [4.78, 5) is 20.2. The number of hydrogen-bond acceptors (Lipinski definition) is 10. The Morgan fingerprint density at radius 1 is 1.05 bits per heavy atom. The molecule has 1 aliphatic rings. The maximum Gasteiger partial charge on any atom is 0.341 e. The molecule has 0 bridgehead atoms. The van der Waals surface area contributed by atoms with Gasteiger partial charge in [-0.15, -0.1) is 0 Å². The molecule has 4 aromatic rings. The second-order valence-corrected chi connectivity index (χ2v) is 11.9. The van der Waals surface area contributed by atoms with Crippen molar-refractivity contribution >= 4 is 21.8 Å². The number of nitrogens with zero attached hydrogens (tertiary/aromatic N) is 5. The summed E-state index contributed by atoms with van der Waals surface area (Å²) in [6.07, 6.45) is 6.16. The standard InChI is InChI=1S/C30H32FN5O7S/c1-35-24(10-13-34-35)21-6-5-7-25(21)43-27-16-23(31)28(15-22(27)30(37)42-4)44(38,39)36(29-11-12-32-18-33-29)17-19-8-9-20(40-2)14-26(19)41-3/h8-16,18,21,25H,5-7,17H2,1-4H3. The van der Waals surface area contributed by atoms with E-state index in [0.29, 0.717) is 23.5 Å². The lowest BCUT2D eigenvalue weighted by molar-refractivity contribution is 0.0591. The highest BCUT2D eigenvalue weighted by Gasteiger charge is 2.36. The van der Waals surface area contributed by atoms with Gasteiger partial charge in [0, 0.05) is 54.8 Å². The Labute approximate surface area is 254 Å². The minimum Gasteiger partial charge on any atom is -0.497 e. The van der Waals surface area contributed by atoms with Crippen LogP contribution in [0.2, 0.25) is 0 Å². The van der Waals surface area contributed by atoms with Gasteiger partial charge in [0.1, 0.15) is 51.8 Å². The normalized spacial score (nSPS) is 16.4. The van der Waals surface area contributed by atoms with Crippen LogP contribution in [0.1, 0.15) is 46.8 Å². The summed E-state index contributed by atoms with van der Waals surface area (Å²) >= 11 is 0. The van der Waals surface area contributed by atoms with E-state index in [1.807, 2.05) is 13.1 Å². The minimum absolute atomic E-state index is 0.0257. The number of halogens is 1. The third-order valence-electron chi connectivity index (χ3n) is 7.61. The van der Waals surface area contributed by atoms with E-state index in [0.717, 1.165) is 42.1 Å². The number of aryl methyl sites for hydroxylation is 1. The summed E-state index contributed by atoms with van der Waals surface area (Å²) in [7, 11) is 1.23. The van der Waals surface area contributed by atoms with Crippen molar-refractivity contribution in [2.75, 3.05) is 25.6 Å². The SMILES string of the molecule is COC(=O)c1cc(S(=O)(=O)N(Cc2ccc(OC)cc2OC)c2ccncn2)c(F)cc1OC1CCCC1c1ccnn1C. The van der Waals surface area contributed by atoms with Crippen molar-refractivity contribution in [3.63, 3.8) is 0 Å². The number of sulfonamides is 1. The van der Waals surface area contributed by atoms with Gasteiger partial charge in [0.2, 0.25) is 0 Å². The number of anilines is 1. The molecule has 12 nitrogen and oxygen atoms in total. The van der Waals surface area contributed by atoms with Crippen molar-refractivity contribution in [3.05, 3.63) is 83.8 Å². The molecule has 1 saturated carbocycles. The molecule has 1 fully saturated rings. The van der Waals surface area contributed by atoms with Gasteiger partial charge in [0.05, 0.1) is 27.9 Å². The summed E-state index contributed by atoms with van der Waals surface area (Å²) in [6.45, 7) is -0.285. The highest BCUT2D eigenvalue weighted by molar-refractivity contribution is 7.92. The van der Waals surface area contributed by atoms with Crippen LogP contribution in [-0.2, 0) is 28.4 Å². The van der Waals surface area contributed by atoms with Crippen LogP contribution in [0.5, 0.6) is 17.2 Å². The molecule has 2 heterocycles. The van der Waals surface area contributed by atoms with E-state index in [1.165, 1.54) is 32.8 Å². The fraction of sp³-hybridized carbons (Fsp3) is 0.333. The van der Waals surface area contributed by atoms with Gasteiger partial charge in [-0.1, -0.05) is 0 Å². The molecule has 0 aliphatic heterocycles. The first kappa shape index (κ1) is 30.7. The van der Waals surface area contributed by atoms with Crippen molar-refractivity contribution in [3.8, 4) is 17.2 Å². The lowest BCUT2D eigenvalue weighted by Crippen LogP contribution is -2.32. The third kappa shape index (κ3) is 6.02. The Hall–Kier alpha value is -4.72. The van der Waals surface area contributed by atoms with Crippen molar-refractivity contribution in [1.29, 1.82) is 0 Å². The van der Waals surface area contributed by atoms with Crippen LogP contribution in [0.25, 0.3) is 0 Å². The average Bonchev–Trinajstić information content (AvgIpc) is 3.67. The molecule has 2 aromatic heterocycles. The van der Waals surface area contributed by atoms with E-state index in [9.17, 15) is 13.2 Å². The maximum absolute atomic E-state index is 15.9. The van der Waals surface area contributed by atoms with Crippen molar-refractivity contribution in [1.82, 2.24) is 19.7 Å². The highest BCUT2D eigenvalue weighted by Crippen LogP contribution is 2.39. The second-order valence-electron chi connectivity index (χ2n) is 10.1. The molecule has 0 amide bonds. The average molecular weight is 626 g/mol. The number of hydrogen-bond donors (Lipinski definition) is 0. The lowest BCUT2D eigenvalue weighted by atomic mass is 10.0. The molecule has 44 heavy (non-hydrogen) atoms. The van der Waals surface area contributed by atoms with Gasteiger partial charge in [-0.3, -0.25) is 4.68 Å². The van der Waals surface area contributed by atoms with Gasteiger partial charge in [-0.05, 0) is 43.5 Å². The van der Waals surface area contributed by atoms with E-state index >= 15 is 4.39 Å². The van der Waals surface area contributed by atoms with Crippen molar-refractivity contribution < 1.29 is 36.6 Å². The molecule has 0 spiro atoms. The van der Waals surface area contributed by atoms with Crippen LogP contribution in [-0.4, -0.2) is 61.6 Å². The lowest BCUT2D eigenvalue weighted by Gasteiger charge is -2.26. The van der Waals surface area contributed by atoms with Gasteiger partial charge in [0.15, 0.2) is 0 Å². The summed E-state index contributed by atoms with van der Waals surface area (Å²) in [6, 6.07) is 10.0.